The number of nitrogens with zero attached hydrogens (tertiary/aromatic N) is 3. The van der Waals surface area contributed by atoms with E-state index in [4.69, 9.17) is 9.47 Å². The first-order valence-corrected chi connectivity index (χ1v) is 12.4. The number of hydrogen-bond acceptors (Lipinski definition) is 9. The molecule has 0 saturated heterocycles. The van der Waals surface area contributed by atoms with E-state index in [1.165, 1.54) is 24.6 Å². The summed E-state index contributed by atoms with van der Waals surface area (Å²) in [6, 6.07) is 9.06. The van der Waals surface area contributed by atoms with Gasteiger partial charge in [0, 0.05) is 25.5 Å². The van der Waals surface area contributed by atoms with Crippen LogP contribution in [0.2, 0.25) is 0 Å². The van der Waals surface area contributed by atoms with Gasteiger partial charge in [0.2, 0.25) is 11.7 Å². The number of rotatable bonds is 12. The molecule has 3 N–H and O–H groups in total. The van der Waals surface area contributed by atoms with Crippen LogP contribution in [0.1, 0.15) is 34.4 Å². The second kappa shape index (κ2) is 12.2. The summed E-state index contributed by atoms with van der Waals surface area (Å²) in [6.07, 6.45) is 3.57. The minimum absolute atomic E-state index is 0.0667. The summed E-state index contributed by atoms with van der Waals surface area (Å²) in [6.45, 7) is 0.324. The summed E-state index contributed by atoms with van der Waals surface area (Å²) in [5, 5.41) is 6.17. The molecule has 11 nitrogen and oxygen atoms in total. The molecule has 1 atom stereocenters. The number of aromatic amines is 1. The molecule has 3 aromatic heterocycles. The van der Waals surface area contributed by atoms with Crippen LogP contribution in [0.3, 0.4) is 0 Å². The first kappa shape index (κ1) is 25.9. The van der Waals surface area contributed by atoms with E-state index in [0.717, 1.165) is 16.5 Å². The largest absolute Gasteiger partial charge is 0.480 e. The number of thiazole rings is 1. The Morgan fingerprint density at radius 2 is 2.03 bits per heavy atom. The number of hydrogen-bond donors (Lipinski definition) is 3. The average Bonchev–Trinajstić information content (AvgIpc) is 3.64. The molecule has 0 unspecified atom stereocenters. The first-order valence-electron chi connectivity index (χ1n) is 11.5. The van der Waals surface area contributed by atoms with Crippen LogP contribution < -0.4 is 15.4 Å². The fraction of sp³-hybridized carbons (Fsp3) is 0.280. The average molecular weight is 523 g/mol. The fourth-order valence-corrected chi connectivity index (χ4v) is 4.16. The summed E-state index contributed by atoms with van der Waals surface area (Å²) in [5.41, 5.74) is 3.77. The van der Waals surface area contributed by atoms with Gasteiger partial charge >= 0.3 is 0 Å². The van der Waals surface area contributed by atoms with Crippen LogP contribution in [0.4, 0.5) is 0 Å². The van der Waals surface area contributed by atoms with Crippen LogP contribution in [-0.4, -0.2) is 64.9 Å². The second-order valence-corrected chi connectivity index (χ2v) is 8.88. The number of aromatic nitrogens is 4. The van der Waals surface area contributed by atoms with Gasteiger partial charge in [0.05, 0.1) is 48.4 Å². The minimum Gasteiger partial charge on any atom is -0.480 e. The van der Waals surface area contributed by atoms with Gasteiger partial charge in [0.1, 0.15) is 16.7 Å². The van der Waals surface area contributed by atoms with Crippen molar-refractivity contribution in [2.75, 3.05) is 27.4 Å². The Bertz CT molecular complexity index is 1390. The van der Waals surface area contributed by atoms with Crippen LogP contribution in [0.25, 0.3) is 22.2 Å². The molecule has 2 amide bonds. The van der Waals surface area contributed by atoms with Crippen LogP contribution in [-0.2, 0) is 14.3 Å². The molecule has 0 aliphatic rings. The number of benzene rings is 1. The topological polar surface area (TPSA) is 148 Å². The Morgan fingerprint density at radius 1 is 1.19 bits per heavy atom. The van der Waals surface area contributed by atoms with Crippen molar-refractivity contribution in [2.45, 2.75) is 18.9 Å². The quantitative estimate of drug-likeness (QED) is 0.190. The number of H-pyrrole nitrogens is 1. The van der Waals surface area contributed by atoms with Gasteiger partial charge in [0.15, 0.2) is 0 Å². The zero-order chi connectivity index (χ0) is 26.2. The number of likely N-dealkylation sites (N-methyl/N-ethyl adjacent to an activating group) is 1. The van der Waals surface area contributed by atoms with Crippen molar-refractivity contribution in [2.24, 2.45) is 0 Å². The van der Waals surface area contributed by atoms with Crippen LogP contribution in [0.15, 0.2) is 48.2 Å². The molecule has 3 heterocycles. The highest BCUT2D eigenvalue weighted by Gasteiger charge is 2.22. The summed E-state index contributed by atoms with van der Waals surface area (Å²) < 4.78 is 11.3. The lowest BCUT2D eigenvalue weighted by Crippen LogP contribution is -2.32. The van der Waals surface area contributed by atoms with E-state index >= 15 is 0 Å². The predicted molar refractivity (Wildman–Crippen MR) is 137 cm³/mol. The molecule has 0 aliphatic heterocycles. The van der Waals surface area contributed by atoms with E-state index in [1.807, 2.05) is 30.3 Å². The Kier molecular flexibility index (Phi) is 8.54. The number of ketones is 1. The van der Waals surface area contributed by atoms with Gasteiger partial charge in [-0.3, -0.25) is 19.4 Å². The number of methoxy groups -OCH3 is 1. The number of nitrogens with one attached hydrogen (secondary N) is 3. The molecule has 0 spiro atoms. The third kappa shape index (κ3) is 6.35. The predicted octanol–water partition coefficient (Wildman–Crippen LogP) is 2.67. The number of amides is 2. The van der Waals surface area contributed by atoms with Gasteiger partial charge in [-0.15, -0.1) is 11.3 Å². The zero-order valence-corrected chi connectivity index (χ0v) is 21.1. The van der Waals surface area contributed by atoms with Crippen molar-refractivity contribution in [1.82, 2.24) is 30.6 Å². The van der Waals surface area contributed by atoms with E-state index in [9.17, 15) is 14.4 Å². The molecule has 0 radical (unpaired) electrons. The van der Waals surface area contributed by atoms with Crippen molar-refractivity contribution in [3.63, 3.8) is 0 Å². The van der Waals surface area contributed by atoms with E-state index in [0.29, 0.717) is 28.7 Å². The van der Waals surface area contributed by atoms with E-state index < -0.39 is 17.7 Å². The lowest BCUT2D eigenvalue weighted by molar-refractivity contribution is -0.137. The normalized spacial score (nSPS) is 11.7. The molecule has 4 aromatic rings. The van der Waals surface area contributed by atoms with Crippen molar-refractivity contribution in [3.8, 4) is 17.1 Å². The highest BCUT2D eigenvalue weighted by atomic mass is 32.1. The van der Waals surface area contributed by atoms with Gasteiger partial charge in [-0.25, -0.2) is 9.97 Å². The highest BCUT2D eigenvalue weighted by molar-refractivity contribution is 7.11. The minimum atomic E-state index is -0.628. The van der Waals surface area contributed by atoms with Gasteiger partial charge in [-0.1, -0.05) is 18.2 Å². The number of carbonyl (C=O) groups is 3. The van der Waals surface area contributed by atoms with Crippen molar-refractivity contribution in [1.29, 1.82) is 0 Å². The molecule has 0 aliphatic carbocycles. The molecule has 1 aromatic carbocycles. The molecule has 12 heteroatoms. The molecular weight excluding hydrogens is 496 g/mol. The zero-order valence-electron chi connectivity index (χ0n) is 20.3. The third-order valence-electron chi connectivity index (χ3n) is 5.52. The maximum Gasteiger partial charge on any atom is 0.287 e. The van der Waals surface area contributed by atoms with Gasteiger partial charge in [-0.2, -0.15) is 0 Å². The van der Waals surface area contributed by atoms with E-state index in [-0.39, 0.29) is 25.5 Å². The first-order chi connectivity index (χ1) is 18.0. The van der Waals surface area contributed by atoms with Crippen LogP contribution in [0.5, 0.6) is 5.88 Å². The summed E-state index contributed by atoms with van der Waals surface area (Å²) >= 11 is 1.22. The molecule has 0 fully saturated rings. The maximum atomic E-state index is 12.7. The summed E-state index contributed by atoms with van der Waals surface area (Å²) in [7, 11) is 2.97. The smallest absolute Gasteiger partial charge is 0.287 e. The second-order valence-electron chi connectivity index (χ2n) is 7.99. The van der Waals surface area contributed by atoms with Gasteiger partial charge in [-0.05, 0) is 18.6 Å². The number of fused-ring (bicyclic) bond motifs is 1. The SMILES string of the molecule is CNC(=O)C(=O)CCCOC[C@H](NC(=O)c1cncs1)c1ncc(-c2cc3ccccc3nc2OC)[nH]1. The number of pyridine rings is 1. The standard InChI is InChI=1S/C25H26N6O5S/c1-26-23(33)20(32)8-5-9-36-13-19(30-24(34)21-12-27-14-37-21)22-28-11-18(29-22)16-10-15-6-3-4-7-17(15)31-25(16)35-2/h3-4,6-7,10-12,14,19H,5,8-9,13H2,1-2H3,(H,26,33)(H,28,29)(H,30,34)/t19-/m0/s1. The monoisotopic (exact) mass is 522 g/mol. The molecule has 192 valence electrons. The van der Waals surface area contributed by atoms with Crippen molar-refractivity contribution < 1.29 is 23.9 Å². The highest BCUT2D eigenvalue weighted by Crippen LogP contribution is 2.31. The third-order valence-corrected chi connectivity index (χ3v) is 6.29. The molecular formula is C25H26N6O5S. The molecule has 0 saturated carbocycles. The van der Waals surface area contributed by atoms with Gasteiger partial charge < -0.3 is 25.1 Å². The van der Waals surface area contributed by atoms with Crippen LogP contribution >= 0.6 is 11.3 Å². The number of Topliss-reactive ketones (excluding diaryl/α,β-unsaturated/α-hetero) is 1. The number of carbonyl (C=O) groups excluding carboxylic acids is 3. The lowest BCUT2D eigenvalue weighted by atomic mass is 10.1. The number of ether oxygens (including phenoxy) is 2. The Morgan fingerprint density at radius 3 is 2.78 bits per heavy atom. The number of imidazole rings is 1. The molecule has 37 heavy (non-hydrogen) atoms. The maximum absolute atomic E-state index is 12.7. The fourth-order valence-electron chi connectivity index (χ4n) is 3.63. The van der Waals surface area contributed by atoms with E-state index in [2.05, 4.69) is 30.6 Å². The van der Waals surface area contributed by atoms with Crippen LogP contribution in [0, 0.1) is 0 Å². The Labute approximate surface area is 216 Å². The van der Waals surface area contributed by atoms with Crippen molar-refractivity contribution >= 4 is 39.8 Å². The summed E-state index contributed by atoms with van der Waals surface area (Å²) in [4.78, 5) is 52.5. The van der Waals surface area contributed by atoms with Crippen molar-refractivity contribution in [3.05, 3.63) is 58.9 Å². The summed E-state index contributed by atoms with van der Waals surface area (Å²) in [5.74, 6) is -0.527. The lowest BCUT2D eigenvalue weighted by Gasteiger charge is -2.17. The molecule has 4 rings (SSSR count). The Balaban J connectivity index is 1.51. The number of para-hydroxylation sites is 1. The van der Waals surface area contributed by atoms with E-state index in [1.54, 1.807) is 18.8 Å². The molecule has 0 bridgehead atoms. The Hall–Kier alpha value is -4.16. The van der Waals surface area contributed by atoms with Gasteiger partial charge in [0.25, 0.3) is 11.8 Å².